The fraction of sp³-hybridized carbons (Fsp3) is 0.273. The standard InChI is InChI=1S/C11H14N6O/c1-7(10-14-6-15-17-10)16-11(18)8-3-4-13-5-9(8)12-2/h3-7,12H,1-2H3,(H,16,18)(H,14,15,17). The third-order valence-corrected chi connectivity index (χ3v) is 2.53. The van der Waals surface area contributed by atoms with Gasteiger partial charge in [0.05, 0.1) is 23.5 Å². The van der Waals surface area contributed by atoms with Gasteiger partial charge in [0.15, 0.2) is 0 Å². The van der Waals surface area contributed by atoms with Crippen molar-refractivity contribution < 1.29 is 4.79 Å². The molecule has 1 amide bonds. The number of hydrogen-bond acceptors (Lipinski definition) is 5. The molecule has 0 aromatic carbocycles. The lowest BCUT2D eigenvalue weighted by atomic mass is 10.2. The smallest absolute Gasteiger partial charge is 0.254 e. The number of aromatic nitrogens is 4. The Morgan fingerprint density at radius 1 is 1.50 bits per heavy atom. The molecule has 2 aromatic rings. The van der Waals surface area contributed by atoms with Crippen LogP contribution in [-0.2, 0) is 0 Å². The van der Waals surface area contributed by atoms with Crippen LogP contribution in [0.4, 0.5) is 5.69 Å². The van der Waals surface area contributed by atoms with Gasteiger partial charge >= 0.3 is 0 Å². The predicted octanol–water partition coefficient (Wildman–Crippen LogP) is 0.732. The van der Waals surface area contributed by atoms with Crippen LogP contribution in [0.3, 0.4) is 0 Å². The second kappa shape index (κ2) is 5.26. The monoisotopic (exact) mass is 246 g/mol. The number of carbonyl (C=O) groups excluding carboxylic acids is 1. The Morgan fingerprint density at radius 2 is 2.33 bits per heavy atom. The zero-order chi connectivity index (χ0) is 13.0. The van der Waals surface area contributed by atoms with Crippen molar-refractivity contribution in [3.05, 3.63) is 36.2 Å². The molecule has 0 spiro atoms. The van der Waals surface area contributed by atoms with E-state index in [1.807, 2.05) is 6.92 Å². The summed E-state index contributed by atoms with van der Waals surface area (Å²) in [5.74, 6) is 0.425. The van der Waals surface area contributed by atoms with E-state index < -0.39 is 0 Å². The highest BCUT2D eigenvalue weighted by Gasteiger charge is 2.15. The molecule has 1 atom stereocenters. The van der Waals surface area contributed by atoms with Gasteiger partial charge in [-0.2, -0.15) is 5.10 Å². The van der Waals surface area contributed by atoms with E-state index in [4.69, 9.17) is 0 Å². The first kappa shape index (κ1) is 12.0. The number of H-pyrrole nitrogens is 1. The lowest BCUT2D eigenvalue weighted by Gasteiger charge is -2.13. The summed E-state index contributed by atoms with van der Waals surface area (Å²) in [5, 5.41) is 12.2. The Bertz CT molecular complexity index is 524. The van der Waals surface area contributed by atoms with E-state index >= 15 is 0 Å². The molecule has 2 aromatic heterocycles. The highest BCUT2D eigenvalue weighted by molar-refractivity contribution is 5.99. The van der Waals surface area contributed by atoms with Gasteiger partial charge in [-0.3, -0.25) is 14.9 Å². The molecule has 0 bridgehead atoms. The Morgan fingerprint density at radius 3 is 3.00 bits per heavy atom. The van der Waals surface area contributed by atoms with Gasteiger partial charge in [0.25, 0.3) is 5.91 Å². The number of nitrogens with zero attached hydrogens (tertiary/aromatic N) is 3. The molecule has 2 rings (SSSR count). The van der Waals surface area contributed by atoms with Crippen LogP contribution in [0, 0.1) is 0 Å². The van der Waals surface area contributed by atoms with Crippen molar-refractivity contribution in [1.82, 2.24) is 25.5 Å². The molecular formula is C11H14N6O. The average molecular weight is 246 g/mol. The Hall–Kier alpha value is -2.44. The second-order valence-electron chi connectivity index (χ2n) is 3.74. The lowest BCUT2D eigenvalue weighted by molar-refractivity contribution is 0.0939. The van der Waals surface area contributed by atoms with Crippen LogP contribution in [0.25, 0.3) is 0 Å². The molecule has 0 saturated carbocycles. The number of nitrogens with one attached hydrogen (secondary N) is 3. The van der Waals surface area contributed by atoms with Crippen LogP contribution in [0.2, 0.25) is 0 Å². The van der Waals surface area contributed by atoms with E-state index in [2.05, 4.69) is 30.8 Å². The minimum Gasteiger partial charge on any atom is -0.386 e. The first-order valence-electron chi connectivity index (χ1n) is 5.50. The molecule has 7 nitrogen and oxygen atoms in total. The van der Waals surface area contributed by atoms with Crippen LogP contribution >= 0.6 is 0 Å². The summed E-state index contributed by atoms with van der Waals surface area (Å²) in [6, 6.07) is 1.42. The topological polar surface area (TPSA) is 95.6 Å². The summed E-state index contributed by atoms with van der Waals surface area (Å²) in [5.41, 5.74) is 1.22. The maximum Gasteiger partial charge on any atom is 0.254 e. The van der Waals surface area contributed by atoms with E-state index in [1.54, 1.807) is 25.5 Å². The molecule has 0 saturated heterocycles. The SMILES string of the molecule is CNc1cnccc1C(=O)NC(C)c1ncn[nH]1. The van der Waals surface area contributed by atoms with Gasteiger partial charge in [0, 0.05) is 13.2 Å². The number of carbonyl (C=O) groups is 1. The Labute approximate surface area is 104 Å². The molecule has 18 heavy (non-hydrogen) atoms. The molecule has 1 unspecified atom stereocenters. The molecule has 0 aliphatic heterocycles. The van der Waals surface area contributed by atoms with Gasteiger partial charge in [-0.25, -0.2) is 4.98 Å². The van der Waals surface area contributed by atoms with Crippen molar-refractivity contribution in [2.24, 2.45) is 0 Å². The summed E-state index contributed by atoms with van der Waals surface area (Å²) in [7, 11) is 1.74. The fourth-order valence-electron chi connectivity index (χ4n) is 1.56. The number of hydrogen-bond donors (Lipinski definition) is 3. The average Bonchev–Trinajstić information content (AvgIpc) is 2.92. The highest BCUT2D eigenvalue weighted by atomic mass is 16.1. The van der Waals surface area contributed by atoms with Crippen LogP contribution in [-0.4, -0.2) is 33.1 Å². The van der Waals surface area contributed by atoms with Crippen molar-refractivity contribution in [3.8, 4) is 0 Å². The number of aromatic amines is 1. The lowest BCUT2D eigenvalue weighted by Crippen LogP contribution is -2.28. The Balaban J connectivity index is 2.12. The quantitative estimate of drug-likeness (QED) is 0.739. The van der Waals surface area contributed by atoms with Gasteiger partial charge in [-0.05, 0) is 13.0 Å². The second-order valence-corrected chi connectivity index (χ2v) is 3.74. The highest BCUT2D eigenvalue weighted by Crippen LogP contribution is 2.14. The number of amides is 1. The van der Waals surface area contributed by atoms with Gasteiger partial charge in [-0.15, -0.1) is 0 Å². The summed E-state index contributed by atoms with van der Waals surface area (Å²) in [6.45, 7) is 1.83. The minimum absolute atomic E-state index is 0.189. The van der Waals surface area contributed by atoms with Crippen LogP contribution < -0.4 is 10.6 Å². The van der Waals surface area contributed by atoms with Gasteiger partial charge < -0.3 is 10.6 Å². The molecule has 0 fully saturated rings. The summed E-state index contributed by atoms with van der Waals surface area (Å²) < 4.78 is 0. The molecule has 2 heterocycles. The minimum atomic E-state index is -0.238. The van der Waals surface area contributed by atoms with E-state index in [0.29, 0.717) is 17.1 Å². The molecule has 0 aliphatic carbocycles. The van der Waals surface area contributed by atoms with Crippen molar-refractivity contribution in [3.63, 3.8) is 0 Å². The van der Waals surface area contributed by atoms with Crippen molar-refractivity contribution in [1.29, 1.82) is 0 Å². The first-order valence-corrected chi connectivity index (χ1v) is 5.50. The molecule has 0 radical (unpaired) electrons. The third kappa shape index (κ3) is 2.45. The van der Waals surface area contributed by atoms with Gasteiger partial charge in [0.2, 0.25) is 0 Å². The number of anilines is 1. The van der Waals surface area contributed by atoms with Gasteiger partial charge in [-0.1, -0.05) is 0 Å². The number of rotatable bonds is 4. The molecule has 3 N–H and O–H groups in total. The molecule has 94 valence electrons. The van der Waals surface area contributed by atoms with E-state index in [-0.39, 0.29) is 11.9 Å². The predicted molar refractivity (Wildman–Crippen MR) is 66.0 cm³/mol. The third-order valence-electron chi connectivity index (χ3n) is 2.53. The Kier molecular flexibility index (Phi) is 3.52. The van der Waals surface area contributed by atoms with Gasteiger partial charge in [0.1, 0.15) is 12.2 Å². The summed E-state index contributed by atoms with van der Waals surface area (Å²) in [4.78, 5) is 20.0. The zero-order valence-corrected chi connectivity index (χ0v) is 10.1. The molecular weight excluding hydrogens is 232 g/mol. The summed E-state index contributed by atoms with van der Waals surface area (Å²) >= 11 is 0. The van der Waals surface area contributed by atoms with Crippen molar-refractivity contribution >= 4 is 11.6 Å². The zero-order valence-electron chi connectivity index (χ0n) is 10.1. The molecule has 7 heteroatoms. The maximum absolute atomic E-state index is 12.1. The normalized spacial score (nSPS) is 11.9. The first-order chi connectivity index (χ1) is 8.72. The van der Waals surface area contributed by atoms with Crippen LogP contribution in [0.15, 0.2) is 24.8 Å². The largest absolute Gasteiger partial charge is 0.386 e. The summed E-state index contributed by atoms with van der Waals surface area (Å²) in [6.07, 6.45) is 4.59. The van der Waals surface area contributed by atoms with E-state index in [9.17, 15) is 4.79 Å². The van der Waals surface area contributed by atoms with E-state index in [1.165, 1.54) is 6.33 Å². The van der Waals surface area contributed by atoms with E-state index in [0.717, 1.165) is 0 Å². The fourth-order valence-corrected chi connectivity index (χ4v) is 1.56. The number of pyridine rings is 1. The van der Waals surface area contributed by atoms with Crippen LogP contribution in [0.1, 0.15) is 29.1 Å². The maximum atomic E-state index is 12.1. The van der Waals surface area contributed by atoms with Crippen molar-refractivity contribution in [2.75, 3.05) is 12.4 Å². The molecule has 0 aliphatic rings. The van der Waals surface area contributed by atoms with Crippen LogP contribution in [0.5, 0.6) is 0 Å². The van der Waals surface area contributed by atoms with Crippen molar-refractivity contribution in [2.45, 2.75) is 13.0 Å².